The van der Waals surface area contributed by atoms with Gasteiger partial charge in [-0.1, -0.05) is 18.2 Å². The topological polar surface area (TPSA) is 78.7 Å². The predicted molar refractivity (Wildman–Crippen MR) is 108 cm³/mol. The summed E-state index contributed by atoms with van der Waals surface area (Å²) in [6, 6.07) is 9.36. The number of likely N-dealkylation sites (tertiary alicyclic amines) is 1. The number of amides is 2. The molecule has 1 fully saturated rings. The van der Waals surface area contributed by atoms with E-state index in [1.807, 2.05) is 52.5 Å². The fourth-order valence-electron chi connectivity index (χ4n) is 4.62. The van der Waals surface area contributed by atoms with Gasteiger partial charge in [-0.3, -0.25) is 9.59 Å². The highest BCUT2D eigenvalue weighted by atomic mass is 16.3. The van der Waals surface area contributed by atoms with Gasteiger partial charge in [0.2, 0.25) is 5.91 Å². The molecule has 1 unspecified atom stereocenters. The third-order valence-corrected chi connectivity index (χ3v) is 6.09. The van der Waals surface area contributed by atoms with Crippen LogP contribution in [0.4, 0.5) is 0 Å². The van der Waals surface area contributed by atoms with E-state index in [1.54, 1.807) is 0 Å². The molecule has 0 radical (unpaired) electrons. The van der Waals surface area contributed by atoms with Crippen molar-refractivity contribution in [3.8, 4) is 0 Å². The summed E-state index contributed by atoms with van der Waals surface area (Å²) in [4.78, 5) is 34.0. The average molecular weight is 396 g/mol. The van der Waals surface area contributed by atoms with E-state index in [0.717, 1.165) is 31.6 Å². The first-order valence-electron chi connectivity index (χ1n) is 10.4. The van der Waals surface area contributed by atoms with Gasteiger partial charge in [0, 0.05) is 50.6 Å². The number of hydrogen-bond acceptors (Lipinski definition) is 4. The molecule has 1 aromatic heterocycles. The van der Waals surface area contributed by atoms with Crippen molar-refractivity contribution < 1.29 is 14.7 Å². The predicted octanol–water partition coefficient (Wildman–Crippen LogP) is 2.09. The third-order valence-electron chi connectivity index (χ3n) is 6.09. The lowest BCUT2D eigenvalue weighted by Crippen LogP contribution is -2.45. The number of aromatic nitrogens is 2. The molecular formula is C22H28N4O3. The molecule has 1 N–H and O–H groups in total. The lowest BCUT2D eigenvalue weighted by atomic mass is 9.87. The number of carbonyl (C=O) groups excluding carboxylic acids is 2. The van der Waals surface area contributed by atoms with E-state index in [-0.39, 0.29) is 36.8 Å². The SMILES string of the molecule is O=C(CCO)N1CCC(C2c3nccn3CCCN2C(=O)c2ccccc2)CC1. The zero-order valence-corrected chi connectivity index (χ0v) is 16.6. The molecule has 1 atom stereocenters. The van der Waals surface area contributed by atoms with Gasteiger partial charge < -0.3 is 19.5 Å². The number of fused-ring (bicyclic) bond motifs is 1. The molecular weight excluding hydrogens is 368 g/mol. The highest BCUT2D eigenvalue weighted by molar-refractivity contribution is 5.94. The van der Waals surface area contributed by atoms with Crippen LogP contribution in [0.15, 0.2) is 42.7 Å². The lowest BCUT2D eigenvalue weighted by Gasteiger charge is -2.40. The maximum absolute atomic E-state index is 13.4. The molecule has 3 heterocycles. The van der Waals surface area contributed by atoms with Crippen LogP contribution in [0.25, 0.3) is 0 Å². The summed E-state index contributed by atoms with van der Waals surface area (Å²) in [5.41, 5.74) is 0.702. The smallest absolute Gasteiger partial charge is 0.254 e. The zero-order valence-electron chi connectivity index (χ0n) is 16.6. The van der Waals surface area contributed by atoms with Crippen LogP contribution in [-0.4, -0.2) is 62.5 Å². The van der Waals surface area contributed by atoms with Crippen LogP contribution >= 0.6 is 0 Å². The van der Waals surface area contributed by atoms with E-state index < -0.39 is 0 Å². The van der Waals surface area contributed by atoms with Crippen molar-refractivity contribution in [1.82, 2.24) is 19.4 Å². The second-order valence-electron chi connectivity index (χ2n) is 7.83. The molecule has 2 aliphatic rings. The van der Waals surface area contributed by atoms with Gasteiger partial charge in [0.15, 0.2) is 0 Å². The molecule has 1 aromatic carbocycles. The average Bonchev–Trinajstić information content (AvgIpc) is 3.14. The van der Waals surface area contributed by atoms with Crippen molar-refractivity contribution in [1.29, 1.82) is 0 Å². The molecule has 7 heteroatoms. The molecule has 7 nitrogen and oxygen atoms in total. The number of imidazole rings is 1. The minimum Gasteiger partial charge on any atom is -0.396 e. The number of aliphatic hydroxyl groups excluding tert-OH is 1. The van der Waals surface area contributed by atoms with Gasteiger partial charge >= 0.3 is 0 Å². The van der Waals surface area contributed by atoms with Gasteiger partial charge in [0.1, 0.15) is 5.82 Å². The molecule has 4 rings (SSSR count). The first-order valence-corrected chi connectivity index (χ1v) is 10.4. The van der Waals surface area contributed by atoms with Crippen molar-refractivity contribution in [2.75, 3.05) is 26.2 Å². The van der Waals surface area contributed by atoms with Crippen LogP contribution in [0.1, 0.15) is 47.9 Å². The highest BCUT2D eigenvalue weighted by Crippen LogP contribution is 2.37. The van der Waals surface area contributed by atoms with Crippen molar-refractivity contribution in [3.63, 3.8) is 0 Å². The van der Waals surface area contributed by atoms with E-state index in [4.69, 9.17) is 5.11 Å². The van der Waals surface area contributed by atoms with Gasteiger partial charge in [0.05, 0.1) is 12.6 Å². The van der Waals surface area contributed by atoms with Crippen molar-refractivity contribution in [2.24, 2.45) is 5.92 Å². The van der Waals surface area contributed by atoms with E-state index in [2.05, 4.69) is 9.55 Å². The number of benzene rings is 1. The standard InChI is InChI=1S/C22H28N4O3/c27-16-9-19(28)24-13-7-17(8-14-24)20-21-23-10-15-25(21)11-4-12-26(20)22(29)18-5-2-1-3-6-18/h1-3,5-6,10,15,17,20,27H,4,7-9,11-14,16H2. The molecule has 29 heavy (non-hydrogen) atoms. The van der Waals surface area contributed by atoms with Crippen LogP contribution in [0.5, 0.6) is 0 Å². The van der Waals surface area contributed by atoms with Gasteiger partial charge in [-0.25, -0.2) is 4.98 Å². The quantitative estimate of drug-likeness (QED) is 0.858. The maximum Gasteiger partial charge on any atom is 0.254 e. The Hall–Kier alpha value is -2.67. The minimum absolute atomic E-state index is 0.00512. The molecule has 0 aliphatic carbocycles. The van der Waals surface area contributed by atoms with Gasteiger partial charge in [-0.15, -0.1) is 0 Å². The molecule has 0 saturated carbocycles. The Bertz CT molecular complexity index is 843. The number of aryl methyl sites for hydroxylation is 1. The van der Waals surface area contributed by atoms with Crippen LogP contribution in [0, 0.1) is 5.92 Å². The maximum atomic E-state index is 13.4. The van der Waals surface area contributed by atoms with Gasteiger partial charge in [-0.2, -0.15) is 0 Å². The number of aliphatic hydroxyl groups is 1. The first kappa shape index (κ1) is 19.6. The van der Waals surface area contributed by atoms with Crippen molar-refractivity contribution in [2.45, 2.75) is 38.3 Å². The minimum atomic E-state index is -0.113. The third kappa shape index (κ3) is 4.05. The van der Waals surface area contributed by atoms with E-state index in [0.29, 0.717) is 25.2 Å². The first-order chi connectivity index (χ1) is 14.2. The summed E-state index contributed by atoms with van der Waals surface area (Å²) in [5, 5.41) is 9.04. The second kappa shape index (κ2) is 8.78. The molecule has 1 saturated heterocycles. The van der Waals surface area contributed by atoms with Crippen molar-refractivity contribution >= 4 is 11.8 Å². The Morgan fingerprint density at radius 2 is 1.83 bits per heavy atom. The fraction of sp³-hybridized carbons (Fsp3) is 0.500. The van der Waals surface area contributed by atoms with Gasteiger partial charge in [-0.05, 0) is 37.3 Å². The monoisotopic (exact) mass is 396 g/mol. The van der Waals surface area contributed by atoms with E-state index in [9.17, 15) is 9.59 Å². The summed E-state index contributed by atoms with van der Waals surface area (Å²) in [6.07, 6.45) is 6.54. The summed E-state index contributed by atoms with van der Waals surface area (Å²) in [6.45, 7) is 2.77. The largest absolute Gasteiger partial charge is 0.396 e. The molecule has 154 valence electrons. The summed E-state index contributed by atoms with van der Waals surface area (Å²) >= 11 is 0. The summed E-state index contributed by atoms with van der Waals surface area (Å²) in [5.74, 6) is 1.25. The Balaban J connectivity index is 1.59. The molecule has 0 spiro atoms. The Morgan fingerprint density at radius 3 is 2.55 bits per heavy atom. The number of piperidine rings is 1. The molecule has 0 bridgehead atoms. The van der Waals surface area contributed by atoms with Crippen LogP contribution in [0.3, 0.4) is 0 Å². The second-order valence-corrected chi connectivity index (χ2v) is 7.83. The van der Waals surface area contributed by atoms with E-state index in [1.165, 1.54) is 0 Å². The van der Waals surface area contributed by atoms with Crippen LogP contribution < -0.4 is 0 Å². The number of carbonyl (C=O) groups is 2. The van der Waals surface area contributed by atoms with Gasteiger partial charge in [0.25, 0.3) is 5.91 Å². The molecule has 2 aromatic rings. The molecule has 2 amide bonds. The van der Waals surface area contributed by atoms with Crippen LogP contribution in [-0.2, 0) is 11.3 Å². The fourth-order valence-corrected chi connectivity index (χ4v) is 4.62. The number of hydrogen-bond donors (Lipinski definition) is 1. The summed E-state index contributed by atoms with van der Waals surface area (Å²) in [7, 11) is 0. The van der Waals surface area contributed by atoms with E-state index >= 15 is 0 Å². The number of nitrogens with zero attached hydrogens (tertiary/aromatic N) is 4. The Labute approximate surface area is 170 Å². The molecule has 2 aliphatic heterocycles. The highest BCUT2D eigenvalue weighted by Gasteiger charge is 2.38. The zero-order chi connectivity index (χ0) is 20.2. The van der Waals surface area contributed by atoms with Crippen LogP contribution in [0.2, 0.25) is 0 Å². The Morgan fingerprint density at radius 1 is 1.07 bits per heavy atom. The Kier molecular flexibility index (Phi) is 5.94. The lowest BCUT2D eigenvalue weighted by molar-refractivity contribution is -0.133. The van der Waals surface area contributed by atoms with Crippen molar-refractivity contribution in [3.05, 3.63) is 54.1 Å². The number of rotatable bonds is 4. The normalized spacial score (nSPS) is 20.2. The summed E-state index contributed by atoms with van der Waals surface area (Å²) < 4.78 is 2.17.